The number of rotatable bonds is 3. The van der Waals surface area contributed by atoms with Gasteiger partial charge in [-0.2, -0.15) is 0 Å². The molecule has 3 aromatic rings. The van der Waals surface area contributed by atoms with Crippen molar-refractivity contribution in [2.45, 2.75) is 0 Å². The average Bonchev–Trinajstić information content (AvgIpc) is 3.19. The Kier molecular flexibility index (Phi) is 5.94. The van der Waals surface area contributed by atoms with Crippen LogP contribution in [0.3, 0.4) is 0 Å². The zero-order valence-corrected chi connectivity index (χ0v) is 19.1. The fourth-order valence-corrected chi connectivity index (χ4v) is 3.73. The Morgan fingerprint density at radius 1 is 0.968 bits per heavy atom. The molecular weight excluding hydrogens is 531 g/mol. The number of furan rings is 1. The number of nitrogens with zero attached hydrogens (tertiary/aromatic N) is 1. The van der Waals surface area contributed by atoms with Gasteiger partial charge in [0.05, 0.1) is 20.8 Å². The van der Waals surface area contributed by atoms with Crippen LogP contribution in [0.1, 0.15) is 5.76 Å². The van der Waals surface area contributed by atoms with Crippen molar-refractivity contribution in [2.75, 3.05) is 4.90 Å². The van der Waals surface area contributed by atoms with Gasteiger partial charge in [0.1, 0.15) is 17.1 Å². The molecule has 1 aliphatic heterocycles. The minimum absolute atomic E-state index is 0.00812. The van der Waals surface area contributed by atoms with Crippen LogP contribution in [0.15, 0.2) is 63.0 Å². The average molecular weight is 541 g/mol. The number of imide groups is 2. The van der Waals surface area contributed by atoms with Crippen molar-refractivity contribution in [3.63, 3.8) is 0 Å². The standard InChI is InChI=1S/C21H10BrCl3N2O4/c22-13-6-4-10(8-15(13)24)17-7-5-11(31-17)9-12-19(28)26-21(30)27(20(12)29)16-3-1-2-14(23)18(16)25/h1-9H,(H,26,28,30)/b12-9-. The summed E-state index contributed by atoms with van der Waals surface area (Å²) in [4.78, 5) is 38.4. The highest BCUT2D eigenvalue weighted by Crippen LogP contribution is 2.35. The number of carbonyl (C=O) groups is 3. The number of urea groups is 1. The maximum atomic E-state index is 13.0. The van der Waals surface area contributed by atoms with E-state index in [1.807, 2.05) is 0 Å². The highest BCUT2D eigenvalue weighted by atomic mass is 79.9. The third kappa shape index (κ3) is 4.14. The van der Waals surface area contributed by atoms with Gasteiger partial charge in [-0.3, -0.25) is 14.9 Å². The lowest BCUT2D eigenvalue weighted by Gasteiger charge is -2.27. The van der Waals surface area contributed by atoms with E-state index in [1.165, 1.54) is 24.3 Å². The second-order valence-corrected chi connectivity index (χ2v) is 8.41. The first kappa shape index (κ1) is 21.6. The molecule has 1 aromatic heterocycles. The number of hydrogen-bond acceptors (Lipinski definition) is 4. The molecule has 2 heterocycles. The third-order valence-electron chi connectivity index (χ3n) is 4.39. The van der Waals surface area contributed by atoms with Gasteiger partial charge in [0, 0.05) is 10.0 Å². The number of hydrogen-bond donors (Lipinski definition) is 1. The summed E-state index contributed by atoms with van der Waals surface area (Å²) in [5, 5.41) is 2.79. The van der Waals surface area contributed by atoms with Gasteiger partial charge in [-0.1, -0.05) is 46.9 Å². The number of benzene rings is 2. The van der Waals surface area contributed by atoms with Crippen molar-refractivity contribution < 1.29 is 18.8 Å². The van der Waals surface area contributed by atoms with Crippen molar-refractivity contribution in [3.8, 4) is 11.3 Å². The molecule has 0 spiro atoms. The van der Waals surface area contributed by atoms with Crippen LogP contribution in [0.25, 0.3) is 17.4 Å². The molecule has 6 nitrogen and oxygen atoms in total. The van der Waals surface area contributed by atoms with Crippen LogP contribution in [0.4, 0.5) is 10.5 Å². The monoisotopic (exact) mass is 538 g/mol. The maximum Gasteiger partial charge on any atom is 0.336 e. The van der Waals surface area contributed by atoms with E-state index in [9.17, 15) is 14.4 Å². The molecule has 1 N–H and O–H groups in total. The minimum atomic E-state index is -0.930. The van der Waals surface area contributed by atoms with Crippen molar-refractivity contribution in [1.29, 1.82) is 0 Å². The molecule has 0 atom stereocenters. The van der Waals surface area contributed by atoms with E-state index in [1.54, 1.807) is 30.3 Å². The predicted octanol–water partition coefficient (Wildman–Crippen LogP) is 6.34. The number of amides is 4. The van der Waals surface area contributed by atoms with E-state index < -0.39 is 17.8 Å². The molecule has 0 bridgehead atoms. The highest BCUT2D eigenvalue weighted by Gasteiger charge is 2.38. The van der Waals surface area contributed by atoms with E-state index in [4.69, 9.17) is 39.2 Å². The Hall–Kier alpha value is -2.58. The van der Waals surface area contributed by atoms with Crippen molar-refractivity contribution >= 4 is 80.3 Å². The van der Waals surface area contributed by atoms with Gasteiger partial charge >= 0.3 is 6.03 Å². The summed E-state index contributed by atoms with van der Waals surface area (Å²) in [6, 6.07) is 12.1. The van der Waals surface area contributed by atoms with Crippen molar-refractivity contribution in [3.05, 3.63) is 79.4 Å². The smallest absolute Gasteiger partial charge is 0.336 e. The van der Waals surface area contributed by atoms with E-state index in [0.29, 0.717) is 16.3 Å². The molecule has 10 heteroatoms. The molecule has 0 saturated carbocycles. The highest BCUT2D eigenvalue weighted by molar-refractivity contribution is 9.10. The first-order valence-corrected chi connectivity index (χ1v) is 10.6. The van der Waals surface area contributed by atoms with E-state index in [2.05, 4.69) is 21.2 Å². The van der Waals surface area contributed by atoms with Crippen LogP contribution < -0.4 is 10.2 Å². The Morgan fingerprint density at radius 3 is 2.48 bits per heavy atom. The van der Waals surface area contributed by atoms with Gasteiger partial charge in [0.2, 0.25) is 0 Å². The predicted molar refractivity (Wildman–Crippen MR) is 122 cm³/mol. The topological polar surface area (TPSA) is 79.6 Å². The van der Waals surface area contributed by atoms with E-state index in [-0.39, 0.29) is 27.1 Å². The first-order chi connectivity index (χ1) is 14.8. The van der Waals surface area contributed by atoms with Gasteiger partial charge in [-0.05, 0) is 58.4 Å². The molecular formula is C21H10BrCl3N2O4. The van der Waals surface area contributed by atoms with Gasteiger partial charge in [0.15, 0.2) is 0 Å². The van der Waals surface area contributed by atoms with Gasteiger partial charge in [-0.15, -0.1) is 0 Å². The fourth-order valence-electron chi connectivity index (χ4n) is 2.92. The van der Waals surface area contributed by atoms with E-state index in [0.717, 1.165) is 9.37 Å². The quantitative estimate of drug-likeness (QED) is 0.311. The molecule has 0 unspecified atom stereocenters. The number of halogens is 4. The summed E-state index contributed by atoms with van der Waals surface area (Å²) >= 11 is 21.6. The molecule has 1 fully saturated rings. The van der Waals surface area contributed by atoms with Crippen LogP contribution in [-0.2, 0) is 9.59 Å². The van der Waals surface area contributed by atoms with Crippen molar-refractivity contribution in [1.82, 2.24) is 5.32 Å². The molecule has 0 radical (unpaired) electrons. The van der Waals surface area contributed by atoms with Gasteiger partial charge in [0.25, 0.3) is 11.8 Å². The zero-order valence-electron chi connectivity index (χ0n) is 15.3. The molecule has 31 heavy (non-hydrogen) atoms. The second kappa shape index (κ2) is 8.51. The third-order valence-corrected chi connectivity index (χ3v) is 6.43. The second-order valence-electron chi connectivity index (χ2n) is 6.36. The number of barbiturate groups is 1. The summed E-state index contributed by atoms with van der Waals surface area (Å²) in [7, 11) is 0. The van der Waals surface area contributed by atoms with Crippen LogP contribution >= 0.6 is 50.7 Å². The van der Waals surface area contributed by atoms with Crippen LogP contribution in [0.2, 0.25) is 15.1 Å². The molecule has 1 aliphatic rings. The van der Waals surface area contributed by atoms with Gasteiger partial charge < -0.3 is 4.42 Å². The van der Waals surface area contributed by atoms with Crippen LogP contribution in [0, 0.1) is 0 Å². The molecule has 1 saturated heterocycles. The normalized spacial score (nSPS) is 15.5. The summed E-state index contributed by atoms with van der Waals surface area (Å²) in [6.07, 6.45) is 1.25. The number of carbonyl (C=O) groups excluding carboxylic acids is 3. The lowest BCUT2D eigenvalue weighted by atomic mass is 10.1. The summed E-state index contributed by atoms with van der Waals surface area (Å²) in [6.45, 7) is 0. The summed E-state index contributed by atoms with van der Waals surface area (Å²) < 4.78 is 6.48. The summed E-state index contributed by atoms with van der Waals surface area (Å²) in [5.74, 6) is -0.994. The Balaban J connectivity index is 1.70. The first-order valence-electron chi connectivity index (χ1n) is 8.67. The van der Waals surface area contributed by atoms with Crippen LogP contribution in [-0.4, -0.2) is 17.8 Å². The van der Waals surface area contributed by atoms with E-state index >= 15 is 0 Å². The number of anilines is 1. The molecule has 4 rings (SSSR count). The SMILES string of the molecule is O=C1NC(=O)N(c2cccc(Cl)c2Cl)C(=O)/C1=C\c1ccc(-c2ccc(Br)c(Cl)c2)o1. The molecule has 2 aromatic carbocycles. The van der Waals surface area contributed by atoms with Crippen LogP contribution in [0.5, 0.6) is 0 Å². The van der Waals surface area contributed by atoms with Crippen molar-refractivity contribution in [2.24, 2.45) is 0 Å². The fraction of sp³-hybridized carbons (Fsp3) is 0. The Bertz CT molecular complexity index is 1290. The molecule has 4 amide bonds. The molecule has 0 aliphatic carbocycles. The number of nitrogens with one attached hydrogen (secondary N) is 1. The van der Waals surface area contributed by atoms with Gasteiger partial charge in [-0.25, -0.2) is 9.69 Å². The minimum Gasteiger partial charge on any atom is -0.457 e. The Labute approximate surface area is 199 Å². The lowest BCUT2D eigenvalue weighted by Crippen LogP contribution is -2.54. The maximum absolute atomic E-state index is 13.0. The molecule has 156 valence electrons. The summed E-state index contributed by atoms with van der Waals surface area (Å²) in [5.41, 5.74) is 0.463. The zero-order chi connectivity index (χ0) is 22.3. The lowest BCUT2D eigenvalue weighted by molar-refractivity contribution is -0.122. The Morgan fingerprint density at radius 2 is 1.74 bits per heavy atom. The largest absolute Gasteiger partial charge is 0.457 e.